The molecule has 3 aromatic rings. The maximum Gasteiger partial charge on any atom is 0.355 e. The van der Waals surface area contributed by atoms with E-state index in [0.29, 0.717) is 27.6 Å². The van der Waals surface area contributed by atoms with Gasteiger partial charge in [-0.1, -0.05) is 36.7 Å². The molecule has 0 aliphatic rings. The highest BCUT2D eigenvalue weighted by molar-refractivity contribution is 7.21. The SMILES string of the molecule is CCC(=O)c1ccc(OC(=O)c2sc3ccccc3c2Cl)cc1. The molecular formula is C18H13ClO3S. The number of esters is 1. The van der Waals surface area contributed by atoms with Gasteiger partial charge in [0, 0.05) is 22.1 Å². The van der Waals surface area contributed by atoms with E-state index < -0.39 is 5.97 Å². The molecule has 0 radical (unpaired) electrons. The summed E-state index contributed by atoms with van der Waals surface area (Å²) in [7, 11) is 0. The minimum Gasteiger partial charge on any atom is -0.422 e. The van der Waals surface area contributed by atoms with Gasteiger partial charge in [0.2, 0.25) is 0 Å². The van der Waals surface area contributed by atoms with Gasteiger partial charge in [-0.2, -0.15) is 0 Å². The van der Waals surface area contributed by atoms with Crippen LogP contribution in [0, 0.1) is 0 Å². The van der Waals surface area contributed by atoms with E-state index in [9.17, 15) is 9.59 Å². The van der Waals surface area contributed by atoms with Gasteiger partial charge in [0.15, 0.2) is 5.78 Å². The maximum atomic E-state index is 12.3. The Balaban J connectivity index is 1.83. The van der Waals surface area contributed by atoms with Crippen LogP contribution in [0.4, 0.5) is 0 Å². The van der Waals surface area contributed by atoms with E-state index in [4.69, 9.17) is 16.3 Å². The third kappa shape index (κ3) is 3.14. The van der Waals surface area contributed by atoms with Crippen LogP contribution in [0.2, 0.25) is 5.02 Å². The summed E-state index contributed by atoms with van der Waals surface area (Å²) in [6, 6.07) is 14.1. The monoisotopic (exact) mass is 344 g/mol. The van der Waals surface area contributed by atoms with Crippen molar-refractivity contribution in [3.05, 3.63) is 64.0 Å². The van der Waals surface area contributed by atoms with E-state index in [1.54, 1.807) is 31.2 Å². The van der Waals surface area contributed by atoms with Gasteiger partial charge in [-0.25, -0.2) is 4.79 Å². The molecule has 0 saturated carbocycles. The van der Waals surface area contributed by atoms with Crippen LogP contribution in [0.5, 0.6) is 5.75 Å². The number of hydrogen-bond donors (Lipinski definition) is 0. The van der Waals surface area contributed by atoms with Crippen molar-refractivity contribution in [2.75, 3.05) is 0 Å². The summed E-state index contributed by atoms with van der Waals surface area (Å²) >= 11 is 7.57. The lowest BCUT2D eigenvalue weighted by Gasteiger charge is -2.04. The number of carbonyl (C=O) groups is 2. The molecule has 116 valence electrons. The standard InChI is InChI=1S/C18H13ClO3S/c1-2-14(20)11-7-9-12(10-8-11)22-18(21)17-16(19)13-5-3-4-6-15(13)23-17/h3-10H,2H2,1H3. The second-order valence-corrected chi connectivity index (χ2v) is 6.36. The number of carbonyl (C=O) groups excluding carboxylic acids is 2. The number of rotatable bonds is 4. The topological polar surface area (TPSA) is 43.4 Å². The van der Waals surface area contributed by atoms with Crippen LogP contribution in [-0.4, -0.2) is 11.8 Å². The quantitative estimate of drug-likeness (QED) is 0.363. The first-order valence-electron chi connectivity index (χ1n) is 7.12. The molecule has 0 atom stereocenters. The molecule has 0 bridgehead atoms. The van der Waals surface area contributed by atoms with Crippen molar-refractivity contribution in [2.24, 2.45) is 0 Å². The zero-order valence-electron chi connectivity index (χ0n) is 12.3. The van der Waals surface area contributed by atoms with Crippen molar-refractivity contribution in [3.63, 3.8) is 0 Å². The average Bonchev–Trinajstić information content (AvgIpc) is 2.92. The van der Waals surface area contributed by atoms with Gasteiger partial charge >= 0.3 is 5.97 Å². The number of thiophene rings is 1. The number of ketones is 1. The van der Waals surface area contributed by atoms with Crippen molar-refractivity contribution in [2.45, 2.75) is 13.3 Å². The van der Waals surface area contributed by atoms with Crippen molar-refractivity contribution < 1.29 is 14.3 Å². The lowest BCUT2D eigenvalue weighted by atomic mass is 10.1. The first-order chi connectivity index (χ1) is 11.1. The summed E-state index contributed by atoms with van der Waals surface area (Å²) in [6.45, 7) is 1.81. The van der Waals surface area contributed by atoms with Crippen LogP contribution in [-0.2, 0) is 0 Å². The summed E-state index contributed by atoms with van der Waals surface area (Å²) < 4.78 is 6.29. The minimum atomic E-state index is -0.495. The van der Waals surface area contributed by atoms with Gasteiger partial charge in [0.1, 0.15) is 10.6 Å². The second-order valence-electron chi connectivity index (χ2n) is 4.93. The summed E-state index contributed by atoms with van der Waals surface area (Å²) in [4.78, 5) is 24.3. The van der Waals surface area contributed by atoms with E-state index in [2.05, 4.69) is 0 Å². The predicted octanol–water partition coefficient (Wildman–Crippen LogP) is 5.37. The molecule has 0 unspecified atom stereocenters. The number of fused-ring (bicyclic) bond motifs is 1. The van der Waals surface area contributed by atoms with Crippen molar-refractivity contribution in [1.82, 2.24) is 0 Å². The smallest absolute Gasteiger partial charge is 0.355 e. The third-order valence-corrected chi connectivity index (χ3v) is 5.08. The Hall–Kier alpha value is -2.17. The minimum absolute atomic E-state index is 0.0513. The van der Waals surface area contributed by atoms with Crippen LogP contribution in [0.15, 0.2) is 48.5 Å². The summed E-state index contributed by atoms with van der Waals surface area (Å²) in [5.74, 6) is -0.0580. The van der Waals surface area contributed by atoms with E-state index in [1.807, 2.05) is 24.3 Å². The van der Waals surface area contributed by atoms with Crippen molar-refractivity contribution in [3.8, 4) is 5.75 Å². The van der Waals surface area contributed by atoms with E-state index >= 15 is 0 Å². The van der Waals surface area contributed by atoms with Crippen molar-refractivity contribution >= 4 is 44.8 Å². The second kappa shape index (κ2) is 6.52. The van der Waals surface area contributed by atoms with Crippen LogP contribution in [0.25, 0.3) is 10.1 Å². The maximum absolute atomic E-state index is 12.3. The summed E-state index contributed by atoms with van der Waals surface area (Å²) in [6.07, 6.45) is 0.441. The highest BCUT2D eigenvalue weighted by atomic mass is 35.5. The van der Waals surface area contributed by atoms with Gasteiger partial charge < -0.3 is 4.74 Å². The van der Waals surface area contributed by atoms with Crippen LogP contribution in [0.3, 0.4) is 0 Å². The van der Waals surface area contributed by atoms with Gasteiger partial charge in [-0.15, -0.1) is 11.3 Å². The van der Waals surface area contributed by atoms with E-state index in [1.165, 1.54) is 11.3 Å². The zero-order chi connectivity index (χ0) is 16.4. The number of hydrogen-bond acceptors (Lipinski definition) is 4. The number of Topliss-reactive ketones (excluding diaryl/α,β-unsaturated/α-hetero) is 1. The first kappa shape index (κ1) is 15.7. The van der Waals surface area contributed by atoms with Crippen molar-refractivity contribution in [1.29, 1.82) is 0 Å². The van der Waals surface area contributed by atoms with Gasteiger partial charge in [0.25, 0.3) is 0 Å². The normalized spacial score (nSPS) is 10.7. The molecule has 23 heavy (non-hydrogen) atoms. The van der Waals surface area contributed by atoms with Crippen LogP contribution < -0.4 is 4.74 Å². The van der Waals surface area contributed by atoms with Gasteiger partial charge in [0.05, 0.1) is 5.02 Å². The molecule has 1 aromatic heterocycles. The van der Waals surface area contributed by atoms with Crippen LogP contribution >= 0.6 is 22.9 Å². The highest BCUT2D eigenvalue weighted by Crippen LogP contribution is 2.35. The Labute approximate surface area is 142 Å². The highest BCUT2D eigenvalue weighted by Gasteiger charge is 2.19. The average molecular weight is 345 g/mol. The number of benzene rings is 2. The van der Waals surface area contributed by atoms with Gasteiger partial charge in [-0.3, -0.25) is 4.79 Å². The Bertz CT molecular complexity index is 881. The molecule has 5 heteroatoms. The Kier molecular flexibility index (Phi) is 4.46. The molecule has 0 saturated heterocycles. The molecule has 0 amide bonds. The van der Waals surface area contributed by atoms with E-state index in [-0.39, 0.29) is 5.78 Å². The zero-order valence-corrected chi connectivity index (χ0v) is 13.9. The molecule has 0 N–H and O–H groups in total. The predicted molar refractivity (Wildman–Crippen MR) is 92.9 cm³/mol. The first-order valence-corrected chi connectivity index (χ1v) is 8.32. The molecule has 0 spiro atoms. The molecule has 2 aromatic carbocycles. The van der Waals surface area contributed by atoms with Crippen LogP contribution in [0.1, 0.15) is 33.4 Å². The molecule has 0 aliphatic heterocycles. The molecular weight excluding hydrogens is 332 g/mol. The molecule has 0 fully saturated rings. The van der Waals surface area contributed by atoms with E-state index in [0.717, 1.165) is 10.1 Å². The fourth-order valence-electron chi connectivity index (χ4n) is 2.21. The molecule has 3 rings (SSSR count). The van der Waals surface area contributed by atoms with Gasteiger partial charge in [-0.05, 0) is 30.3 Å². The molecule has 0 aliphatic carbocycles. The Morgan fingerprint density at radius 2 is 1.78 bits per heavy atom. The largest absolute Gasteiger partial charge is 0.422 e. The Morgan fingerprint density at radius 1 is 1.09 bits per heavy atom. The fourth-order valence-corrected chi connectivity index (χ4v) is 3.60. The molecule has 3 nitrogen and oxygen atoms in total. The summed E-state index contributed by atoms with van der Waals surface area (Å²) in [5, 5.41) is 1.25. The lowest BCUT2D eigenvalue weighted by Crippen LogP contribution is -2.07. The molecule has 1 heterocycles. The number of ether oxygens (including phenoxy) is 1. The summed E-state index contributed by atoms with van der Waals surface area (Å²) in [5.41, 5.74) is 0.604. The number of halogens is 1. The third-order valence-electron chi connectivity index (χ3n) is 3.43. The fraction of sp³-hybridized carbons (Fsp3) is 0.111. The lowest BCUT2D eigenvalue weighted by molar-refractivity contribution is 0.0740. The Morgan fingerprint density at radius 3 is 2.43 bits per heavy atom.